The molecule has 0 spiro atoms. The van der Waals surface area contributed by atoms with Gasteiger partial charge in [-0.3, -0.25) is 4.79 Å². The lowest BCUT2D eigenvalue weighted by Gasteiger charge is -2.21. The van der Waals surface area contributed by atoms with Crippen molar-refractivity contribution in [3.8, 4) is 17.2 Å². The molecule has 0 fully saturated rings. The SMILES string of the molecule is COc1ccc([C@@]2(C)C(=O)Oc3cc(OC)ccc32)cc1. The quantitative estimate of drug-likeness (QED) is 0.642. The zero-order valence-corrected chi connectivity index (χ0v) is 12.2. The Hall–Kier alpha value is -2.49. The molecule has 1 aliphatic heterocycles. The van der Waals surface area contributed by atoms with Crippen LogP contribution in [-0.2, 0) is 10.2 Å². The summed E-state index contributed by atoms with van der Waals surface area (Å²) in [6.45, 7) is 1.87. The summed E-state index contributed by atoms with van der Waals surface area (Å²) in [6.07, 6.45) is 0. The molecule has 1 aliphatic rings. The highest BCUT2D eigenvalue weighted by Crippen LogP contribution is 2.45. The van der Waals surface area contributed by atoms with Crippen molar-refractivity contribution < 1.29 is 19.0 Å². The summed E-state index contributed by atoms with van der Waals surface area (Å²) in [5.74, 6) is 1.69. The van der Waals surface area contributed by atoms with Crippen LogP contribution >= 0.6 is 0 Å². The fraction of sp³-hybridized carbons (Fsp3) is 0.235. The van der Waals surface area contributed by atoms with E-state index in [4.69, 9.17) is 14.2 Å². The molecule has 0 saturated heterocycles. The molecule has 0 N–H and O–H groups in total. The fourth-order valence-corrected chi connectivity index (χ4v) is 2.64. The first kappa shape index (κ1) is 13.5. The van der Waals surface area contributed by atoms with E-state index in [9.17, 15) is 4.79 Å². The average molecular weight is 284 g/mol. The topological polar surface area (TPSA) is 44.8 Å². The van der Waals surface area contributed by atoms with Crippen LogP contribution in [0.3, 0.4) is 0 Å². The van der Waals surface area contributed by atoms with E-state index in [1.54, 1.807) is 20.3 Å². The van der Waals surface area contributed by atoms with E-state index in [2.05, 4.69) is 0 Å². The Morgan fingerprint density at radius 1 is 0.952 bits per heavy atom. The summed E-state index contributed by atoms with van der Waals surface area (Å²) in [6, 6.07) is 12.9. The molecule has 0 amide bonds. The molecule has 0 radical (unpaired) electrons. The second kappa shape index (κ2) is 4.81. The monoisotopic (exact) mass is 284 g/mol. The molecule has 3 rings (SSSR count). The number of ether oxygens (including phenoxy) is 3. The smallest absolute Gasteiger partial charge is 0.326 e. The normalized spacial score (nSPS) is 19.9. The van der Waals surface area contributed by atoms with E-state index in [0.29, 0.717) is 11.5 Å². The van der Waals surface area contributed by atoms with Gasteiger partial charge in [-0.05, 0) is 30.7 Å². The molecule has 108 valence electrons. The van der Waals surface area contributed by atoms with Gasteiger partial charge < -0.3 is 14.2 Å². The predicted molar refractivity (Wildman–Crippen MR) is 78.1 cm³/mol. The Balaban J connectivity index is 2.10. The molecule has 0 aromatic heterocycles. The van der Waals surface area contributed by atoms with Gasteiger partial charge in [0, 0.05) is 11.6 Å². The van der Waals surface area contributed by atoms with Gasteiger partial charge in [0.05, 0.1) is 14.2 Å². The number of methoxy groups -OCH3 is 2. The van der Waals surface area contributed by atoms with Gasteiger partial charge in [-0.15, -0.1) is 0 Å². The third-order valence-corrected chi connectivity index (χ3v) is 4.01. The lowest BCUT2D eigenvalue weighted by Crippen LogP contribution is -2.31. The first-order chi connectivity index (χ1) is 10.1. The highest BCUT2D eigenvalue weighted by Gasteiger charge is 2.46. The van der Waals surface area contributed by atoms with Crippen LogP contribution in [0, 0.1) is 0 Å². The van der Waals surface area contributed by atoms with E-state index in [0.717, 1.165) is 16.9 Å². The Morgan fingerprint density at radius 3 is 2.19 bits per heavy atom. The number of esters is 1. The number of rotatable bonds is 3. The standard InChI is InChI=1S/C17H16O4/c1-17(11-4-6-12(19-2)7-5-11)14-9-8-13(20-3)10-15(14)21-16(17)18/h4-10H,1-3H3/t17-/m1/s1. The maximum atomic E-state index is 12.4. The van der Waals surface area contributed by atoms with Crippen LogP contribution < -0.4 is 14.2 Å². The second-order valence-corrected chi connectivity index (χ2v) is 5.11. The Kier molecular flexibility index (Phi) is 3.09. The van der Waals surface area contributed by atoms with Gasteiger partial charge in [-0.2, -0.15) is 0 Å². The second-order valence-electron chi connectivity index (χ2n) is 5.11. The largest absolute Gasteiger partial charge is 0.497 e. The minimum Gasteiger partial charge on any atom is -0.497 e. The van der Waals surface area contributed by atoms with Crippen LogP contribution in [0.4, 0.5) is 0 Å². The van der Waals surface area contributed by atoms with Crippen molar-refractivity contribution in [1.29, 1.82) is 0 Å². The van der Waals surface area contributed by atoms with Crippen molar-refractivity contribution in [3.05, 3.63) is 53.6 Å². The average Bonchev–Trinajstić information content (AvgIpc) is 2.79. The summed E-state index contributed by atoms with van der Waals surface area (Å²) in [5, 5.41) is 0. The third-order valence-electron chi connectivity index (χ3n) is 4.01. The van der Waals surface area contributed by atoms with Crippen LogP contribution in [0.25, 0.3) is 0 Å². The van der Waals surface area contributed by atoms with E-state index in [1.807, 2.05) is 43.3 Å². The summed E-state index contributed by atoms with van der Waals surface area (Å²) in [7, 11) is 3.20. The summed E-state index contributed by atoms with van der Waals surface area (Å²) < 4.78 is 15.8. The highest BCUT2D eigenvalue weighted by molar-refractivity contribution is 5.94. The lowest BCUT2D eigenvalue weighted by atomic mass is 9.77. The number of hydrogen-bond acceptors (Lipinski definition) is 4. The van der Waals surface area contributed by atoms with Gasteiger partial charge in [-0.25, -0.2) is 0 Å². The number of benzene rings is 2. The van der Waals surface area contributed by atoms with Crippen molar-refractivity contribution in [2.75, 3.05) is 14.2 Å². The first-order valence-electron chi connectivity index (χ1n) is 6.65. The highest BCUT2D eigenvalue weighted by atomic mass is 16.5. The van der Waals surface area contributed by atoms with Crippen molar-refractivity contribution in [2.24, 2.45) is 0 Å². The molecule has 0 bridgehead atoms. The van der Waals surface area contributed by atoms with Gasteiger partial charge in [0.1, 0.15) is 22.7 Å². The Bertz CT molecular complexity index is 690. The molecule has 0 unspecified atom stereocenters. The van der Waals surface area contributed by atoms with E-state index in [-0.39, 0.29) is 5.97 Å². The summed E-state index contributed by atoms with van der Waals surface area (Å²) in [5.41, 5.74) is 0.907. The predicted octanol–water partition coefficient (Wildman–Crippen LogP) is 2.93. The van der Waals surface area contributed by atoms with Gasteiger partial charge in [0.15, 0.2) is 0 Å². The fourth-order valence-electron chi connectivity index (χ4n) is 2.64. The Labute approximate surface area is 123 Å². The summed E-state index contributed by atoms with van der Waals surface area (Å²) >= 11 is 0. The minimum absolute atomic E-state index is 0.282. The van der Waals surface area contributed by atoms with Gasteiger partial charge >= 0.3 is 5.97 Å². The van der Waals surface area contributed by atoms with Crippen LogP contribution in [-0.4, -0.2) is 20.2 Å². The van der Waals surface area contributed by atoms with Crippen molar-refractivity contribution in [3.63, 3.8) is 0 Å². The maximum Gasteiger partial charge on any atom is 0.326 e. The number of carbonyl (C=O) groups is 1. The van der Waals surface area contributed by atoms with Crippen molar-refractivity contribution in [2.45, 2.75) is 12.3 Å². The van der Waals surface area contributed by atoms with E-state index in [1.165, 1.54) is 0 Å². The van der Waals surface area contributed by atoms with Crippen molar-refractivity contribution in [1.82, 2.24) is 0 Å². The summed E-state index contributed by atoms with van der Waals surface area (Å²) in [4.78, 5) is 12.4. The van der Waals surface area contributed by atoms with Crippen LogP contribution in [0.15, 0.2) is 42.5 Å². The zero-order chi connectivity index (χ0) is 15.0. The van der Waals surface area contributed by atoms with Gasteiger partial charge in [0.25, 0.3) is 0 Å². The molecule has 4 heteroatoms. The first-order valence-corrected chi connectivity index (χ1v) is 6.65. The molecular formula is C17H16O4. The molecule has 0 aliphatic carbocycles. The van der Waals surface area contributed by atoms with Gasteiger partial charge in [-0.1, -0.05) is 18.2 Å². The number of hydrogen-bond donors (Lipinski definition) is 0. The molecule has 2 aromatic carbocycles. The van der Waals surface area contributed by atoms with E-state index < -0.39 is 5.41 Å². The molecule has 21 heavy (non-hydrogen) atoms. The molecule has 2 aromatic rings. The van der Waals surface area contributed by atoms with Gasteiger partial charge in [0.2, 0.25) is 0 Å². The minimum atomic E-state index is -0.812. The zero-order valence-electron chi connectivity index (χ0n) is 12.2. The molecule has 4 nitrogen and oxygen atoms in total. The molecule has 1 heterocycles. The van der Waals surface area contributed by atoms with Crippen LogP contribution in [0.1, 0.15) is 18.1 Å². The molecule has 1 atom stereocenters. The van der Waals surface area contributed by atoms with Crippen LogP contribution in [0.5, 0.6) is 17.2 Å². The maximum absolute atomic E-state index is 12.4. The van der Waals surface area contributed by atoms with Crippen molar-refractivity contribution >= 4 is 5.97 Å². The van der Waals surface area contributed by atoms with E-state index >= 15 is 0 Å². The number of carbonyl (C=O) groups excluding carboxylic acids is 1. The lowest BCUT2D eigenvalue weighted by molar-refractivity contribution is -0.136. The molecular weight excluding hydrogens is 268 g/mol. The molecule has 0 saturated carbocycles. The number of fused-ring (bicyclic) bond motifs is 1. The van der Waals surface area contributed by atoms with Crippen LogP contribution in [0.2, 0.25) is 0 Å². The third kappa shape index (κ3) is 1.95. The Morgan fingerprint density at radius 2 is 1.57 bits per heavy atom.